The van der Waals surface area contributed by atoms with Gasteiger partial charge in [0.2, 0.25) is 0 Å². The summed E-state index contributed by atoms with van der Waals surface area (Å²) in [6, 6.07) is 2.13. The summed E-state index contributed by atoms with van der Waals surface area (Å²) in [6.45, 7) is 4.10. The molecule has 0 spiro atoms. The lowest BCUT2D eigenvalue weighted by Crippen LogP contribution is -2.03. The van der Waals surface area contributed by atoms with Crippen molar-refractivity contribution in [1.29, 1.82) is 5.26 Å². The van der Waals surface area contributed by atoms with E-state index in [0.717, 1.165) is 14.9 Å². The number of rotatable bonds is 3. The minimum atomic E-state index is -0.330. The highest BCUT2D eigenvalue weighted by atomic mass is 127. The fourth-order valence-electron chi connectivity index (χ4n) is 1.14. The highest BCUT2D eigenvalue weighted by Gasteiger charge is 2.20. The van der Waals surface area contributed by atoms with Crippen LogP contribution in [0.4, 0.5) is 0 Å². The van der Waals surface area contributed by atoms with Gasteiger partial charge in [-0.1, -0.05) is 6.92 Å². The molecule has 1 aromatic heterocycles. The average Bonchev–Trinajstić information content (AvgIpc) is 2.55. The van der Waals surface area contributed by atoms with Crippen LogP contribution in [-0.4, -0.2) is 12.6 Å². The lowest BCUT2D eigenvalue weighted by molar-refractivity contribution is 0.0531. The van der Waals surface area contributed by atoms with Crippen LogP contribution in [0.2, 0.25) is 0 Å². The Balaban J connectivity index is 3.16. The van der Waals surface area contributed by atoms with Crippen LogP contribution in [-0.2, 0) is 11.2 Å². The van der Waals surface area contributed by atoms with Crippen molar-refractivity contribution in [1.82, 2.24) is 0 Å². The first kappa shape index (κ1) is 12.5. The number of ether oxygens (including phenoxy) is 1. The zero-order valence-electron chi connectivity index (χ0n) is 8.46. The number of carbonyl (C=O) groups is 1. The van der Waals surface area contributed by atoms with Gasteiger partial charge >= 0.3 is 5.97 Å². The van der Waals surface area contributed by atoms with Crippen LogP contribution >= 0.6 is 33.9 Å². The average molecular weight is 335 g/mol. The SMILES string of the molecule is CCOC(=O)c1sc(CC)c(C#N)c1I. The number of esters is 1. The van der Waals surface area contributed by atoms with Crippen molar-refractivity contribution < 1.29 is 9.53 Å². The van der Waals surface area contributed by atoms with E-state index in [1.54, 1.807) is 6.92 Å². The number of carbonyl (C=O) groups excluding carboxylic acids is 1. The van der Waals surface area contributed by atoms with E-state index in [1.165, 1.54) is 11.3 Å². The van der Waals surface area contributed by atoms with Crippen LogP contribution in [0.25, 0.3) is 0 Å². The Bertz CT molecular complexity index is 420. The first-order chi connectivity index (χ1) is 7.15. The summed E-state index contributed by atoms with van der Waals surface area (Å²) in [6.07, 6.45) is 0.767. The molecule has 1 rings (SSSR count). The van der Waals surface area contributed by atoms with E-state index in [-0.39, 0.29) is 5.97 Å². The second-order valence-electron chi connectivity index (χ2n) is 2.73. The molecule has 0 aliphatic heterocycles. The molecule has 0 bridgehead atoms. The van der Waals surface area contributed by atoms with E-state index in [2.05, 4.69) is 6.07 Å². The van der Waals surface area contributed by atoms with Crippen molar-refractivity contribution in [2.45, 2.75) is 20.3 Å². The molecule has 80 valence electrons. The molecule has 0 saturated carbocycles. The summed E-state index contributed by atoms with van der Waals surface area (Å²) in [5.41, 5.74) is 0.617. The minimum Gasteiger partial charge on any atom is -0.462 e. The zero-order chi connectivity index (χ0) is 11.4. The molecule has 5 heteroatoms. The molecule has 15 heavy (non-hydrogen) atoms. The quantitative estimate of drug-likeness (QED) is 0.630. The summed E-state index contributed by atoms with van der Waals surface area (Å²) in [5, 5.41) is 8.96. The lowest BCUT2D eigenvalue weighted by atomic mass is 10.2. The highest BCUT2D eigenvalue weighted by molar-refractivity contribution is 14.1. The van der Waals surface area contributed by atoms with Crippen LogP contribution in [0, 0.1) is 14.9 Å². The van der Waals surface area contributed by atoms with Gasteiger partial charge in [-0.3, -0.25) is 0 Å². The molecule has 3 nitrogen and oxygen atoms in total. The van der Waals surface area contributed by atoms with Gasteiger partial charge < -0.3 is 4.74 Å². The molecule has 0 aromatic carbocycles. The standard InChI is InChI=1S/C10H10INO2S/c1-3-7-6(5-12)8(11)9(15-7)10(13)14-4-2/h3-4H2,1-2H3. The Hall–Kier alpha value is -0.610. The van der Waals surface area contributed by atoms with Crippen molar-refractivity contribution in [2.24, 2.45) is 0 Å². The van der Waals surface area contributed by atoms with Gasteiger partial charge in [0.25, 0.3) is 0 Å². The second kappa shape index (κ2) is 5.47. The second-order valence-corrected chi connectivity index (χ2v) is 4.91. The van der Waals surface area contributed by atoms with Gasteiger partial charge in [-0.2, -0.15) is 5.26 Å². The number of aryl methyl sites for hydroxylation is 1. The van der Waals surface area contributed by atoms with Crippen molar-refractivity contribution in [3.8, 4) is 6.07 Å². The molecule has 0 fully saturated rings. The van der Waals surface area contributed by atoms with E-state index < -0.39 is 0 Å². The fourth-order valence-corrected chi connectivity index (χ4v) is 3.30. The van der Waals surface area contributed by atoms with Crippen LogP contribution in [0.15, 0.2) is 0 Å². The molecule has 0 aliphatic carbocycles. The first-order valence-electron chi connectivity index (χ1n) is 4.54. The third-order valence-corrected chi connectivity index (χ3v) is 4.58. The van der Waals surface area contributed by atoms with Gasteiger partial charge in [0.1, 0.15) is 10.9 Å². The molecule has 1 aromatic rings. The van der Waals surface area contributed by atoms with Crippen molar-refractivity contribution in [3.05, 3.63) is 18.9 Å². The van der Waals surface area contributed by atoms with E-state index in [0.29, 0.717) is 17.0 Å². The van der Waals surface area contributed by atoms with E-state index in [9.17, 15) is 4.79 Å². The summed E-state index contributed by atoms with van der Waals surface area (Å²) < 4.78 is 5.64. The van der Waals surface area contributed by atoms with E-state index in [1.807, 2.05) is 29.5 Å². The number of halogens is 1. The van der Waals surface area contributed by atoms with E-state index in [4.69, 9.17) is 10.00 Å². The number of nitrogens with zero attached hydrogens (tertiary/aromatic N) is 1. The number of thiophene rings is 1. The Kier molecular flexibility index (Phi) is 4.54. The van der Waals surface area contributed by atoms with Crippen molar-refractivity contribution in [2.75, 3.05) is 6.61 Å². The molecule has 0 amide bonds. The van der Waals surface area contributed by atoms with Crippen LogP contribution < -0.4 is 0 Å². The van der Waals surface area contributed by atoms with Crippen LogP contribution in [0.1, 0.15) is 34.0 Å². The topological polar surface area (TPSA) is 50.1 Å². The van der Waals surface area contributed by atoms with Gasteiger partial charge in [-0.25, -0.2) is 4.79 Å². The lowest BCUT2D eigenvalue weighted by Gasteiger charge is -1.98. The number of nitriles is 1. The Labute approximate surface area is 106 Å². The molecule has 0 unspecified atom stereocenters. The van der Waals surface area contributed by atoms with Crippen LogP contribution in [0.3, 0.4) is 0 Å². The van der Waals surface area contributed by atoms with Crippen LogP contribution in [0.5, 0.6) is 0 Å². The maximum atomic E-state index is 11.5. The summed E-state index contributed by atoms with van der Waals surface area (Å²) in [7, 11) is 0. The Morgan fingerprint density at radius 2 is 2.27 bits per heavy atom. The fraction of sp³-hybridized carbons (Fsp3) is 0.400. The molecule has 0 N–H and O–H groups in total. The summed E-state index contributed by atoms with van der Waals surface area (Å²) in [5.74, 6) is -0.330. The minimum absolute atomic E-state index is 0.330. The maximum absolute atomic E-state index is 11.5. The normalized spacial score (nSPS) is 9.73. The highest BCUT2D eigenvalue weighted by Crippen LogP contribution is 2.30. The molecule has 0 atom stereocenters. The molecule has 1 heterocycles. The molecule has 0 saturated heterocycles. The predicted molar refractivity (Wildman–Crippen MR) is 67.1 cm³/mol. The van der Waals surface area contributed by atoms with Gasteiger partial charge in [-0.15, -0.1) is 11.3 Å². The monoisotopic (exact) mass is 335 g/mol. The third-order valence-electron chi connectivity index (χ3n) is 1.82. The Morgan fingerprint density at radius 3 is 2.67 bits per heavy atom. The molecule has 0 radical (unpaired) electrons. The van der Waals surface area contributed by atoms with Gasteiger partial charge in [-0.05, 0) is 35.9 Å². The van der Waals surface area contributed by atoms with Crippen molar-refractivity contribution >= 4 is 39.9 Å². The third kappa shape index (κ3) is 2.49. The largest absolute Gasteiger partial charge is 0.462 e. The van der Waals surface area contributed by atoms with Crippen molar-refractivity contribution in [3.63, 3.8) is 0 Å². The first-order valence-corrected chi connectivity index (χ1v) is 6.43. The number of hydrogen-bond acceptors (Lipinski definition) is 4. The smallest absolute Gasteiger partial charge is 0.349 e. The Morgan fingerprint density at radius 1 is 1.60 bits per heavy atom. The molecule has 0 aliphatic rings. The maximum Gasteiger partial charge on any atom is 0.349 e. The molecular formula is C10H10INO2S. The molecular weight excluding hydrogens is 325 g/mol. The van der Waals surface area contributed by atoms with E-state index >= 15 is 0 Å². The summed E-state index contributed by atoms with van der Waals surface area (Å²) in [4.78, 5) is 13.0. The zero-order valence-corrected chi connectivity index (χ0v) is 11.4. The summed E-state index contributed by atoms with van der Waals surface area (Å²) >= 11 is 3.38. The van der Waals surface area contributed by atoms with Gasteiger partial charge in [0.05, 0.1) is 15.7 Å². The van der Waals surface area contributed by atoms with Gasteiger partial charge in [0.15, 0.2) is 0 Å². The number of hydrogen-bond donors (Lipinski definition) is 0. The van der Waals surface area contributed by atoms with Gasteiger partial charge in [0, 0.05) is 4.88 Å². The predicted octanol–water partition coefficient (Wildman–Crippen LogP) is 2.96.